The first-order valence-electron chi connectivity index (χ1n) is 13.7. The Kier molecular flexibility index (Phi) is 8.45. The molecule has 4 heterocycles. The number of hydrogen-bond acceptors (Lipinski definition) is 8. The van der Waals surface area contributed by atoms with Gasteiger partial charge in [0.05, 0.1) is 29.4 Å². The predicted molar refractivity (Wildman–Crippen MR) is 148 cm³/mol. The summed E-state index contributed by atoms with van der Waals surface area (Å²) in [4.78, 5) is 13.6. The summed E-state index contributed by atoms with van der Waals surface area (Å²) in [5, 5.41) is 13.1. The Morgan fingerprint density at radius 2 is 1.73 bits per heavy atom. The molecule has 240 valence electrons. The number of hydrogen-bond donors (Lipinski definition) is 2. The largest absolute Gasteiger partial charge is 0.420 e. The Morgan fingerprint density at radius 1 is 1.05 bits per heavy atom. The molecule has 0 bridgehead atoms. The van der Waals surface area contributed by atoms with Crippen molar-refractivity contribution in [3.63, 3.8) is 0 Å². The van der Waals surface area contributed by atoms with Crippen LogP contribution in [-0.2, 0) is 28.9 Å². The van der Waals surface area contributed by atoms with Crippen molar-refractivity contribution in [2.45, 2.75) is 56.7 Å². The number of sulfonamides is 1. The fraction of sp³-hybridized carbons (Fsp3) is 0.519. The Labute approximate surface area is 249 Å². The Morgan fingerprint density at radius 3 is 2.32 bits per heavy atom. The van der Waals surface area contributed by atoms with E-state index in [9.17, 15) is 39.9 Å². The lowest BCUT2D eigenvalue weighted by molar-refractivity contribution is -0.138. The normalized spacial score (nSPS) is 21.2. The van der Waals surface area contributed by atoms with Crippen molar-refractivity contribution in [2.75, 3.05) is 37.8 Å². The molecule has 5 rings (SSSR count). The molecule has 1 aromatic carbocycles. The van der Waals surface area contributed by atoms with Gasteiger partial charge in [-0.2, -0.15) is 26.3 Å². The smallest absolute Gasteiger partial charge is 0.389 e. The Bertz CT molecular complexity index is 1620. The number of benzene rings is 1. The SMILES string of the molecule is CC1(O)CCN(Cc2ccc(-n3cnc(-c4nc(NC5CCN(S(C)(=O)=O)CC5)ncc4C(F)(F)F)c3)c(C(F)(F)F)c2)C1. The van der Waals surface area contributed by atoms with Gasteiger partial charge in [-0.25, -0.2) is 27.7 Å². The average Bonchev–Trinajstić information content (AvgIpc) is 3.53. The van der Waals surface area contributed by atoms with Crippen molar-refractivity contribution in [3.8, 4) is 17.1 Å². The van der Waals surface area contributed by atoms with Crippen LogP contribution in [0.2, 0.25) is 0 Å². The van der Waals surface area contributed by atoms with Crippen LogP contribution in [0.15, 0.2) is 36.9 Å². The first kappa shape index (κ1) is 32.1. The van der Waals surface area contributed by atoms with E-state index < -0.39 is 44.8 Å². The van der Waals surface area contributed by atoms with Crippen LogP contribution >= 0.6 is 0 Å². The molecule has 2 N–H and O–H groups in total. The molecule has 2 saturated heterocycles. The maximum atomic E-state index is 14.2. The molecule has 1 atom stereocenters. The minimum atomic E-state index is -4.88. The monoisotopic (exact) mass is 647 g/mol. The number of aliphatic hydroxyl groups is 1. The quantitative estimate of drug-likeness (QED) is 0.368. The highest BCUT2D eigenvalue weighted by atomic mass is 32.2. The van der Waals surface area contributed by atoms with E-state index in [-0.39, 0.29) is 43.0 Å². The molecular weight excluding hydrogens is 616 g/mol. The molecule has 0 saturated carbocycles. The van der Waals surface area contributed by atoms with Gasteiger partial charge in [0.25, 0.3) is 0 Å². The molecule has 0 spiro atoms. The third-order valence-corrected chi connectivity index (χ3v) is 9.06. The van der Waals surface area contributed by atoms with Crippen LogP contribution in [0.3, 0.4) is 0 Å². The zero-order valence-electron chi connectivity index (χ0n) is 23.8. The van der Waals surface area contributed by atoms with E-state index in [1.165, 1.54) is 16.4 Å². The molecule has 0 amide bonds. The molecular formula is C27H31F6N7O3S. The van der Waals surface area contributed by atoms with Crippen LogP contribution in [0, 0.1) is 0 Å². The fourth-order valence-electron chi connectivity index (χ4n) is 5.51. The van der Waals surface area contributed by atoms with Gasteiger partial charge in [0.2, 0.25) is 16.0 Å². The highest BCUT2D eigenvalue weighted by Gasteiger charge is 2.38. The van der Waals surface area contributed by atoms with Crippen molar-refractivity contribution in [1.29, 1.82) is 0 Å². The summed E-state index contributed by atoms with van der Waals surface area (Å²) in [5.41, 5.74) is -4.01. The number of alkyl halides is 6. The molecule has 1 unspecified atom stereocenters. The number of nitrogens with zero attached hydrogens (tertiary/aromatic N) is 6. The van der Waals surface area contributed by atoms with Crippen molar-refractivity contribution in [1.82, 2.24) is 28.7 Å². The van der Waals surface area contributed by atoms with Crippen LogP contribution in [0.5, 0.6) is 0 Å². The van der Waals surface area contributed by atoms with Gasteiger partial charge in [0, 0.05) is 51.2 Å². The third-order valence-electron chi connectivity index (χ3n) is 7.76. The lowest BCUT2D eigenvalue weighted by atomic mass is 10.1. The molecule has 44 heavy (non-hydrogen) atoms. The molecule has 2 fully saturated rings. The molecule has 2 aliphatic heterocycles. The van der Waals surface area contributed by atoms with Crippen molar-refractivity contribution in [2.24, 2.45) is 0 Å². The molecule has 2 aromatic heterocycles. The summed E-state index contributed by atoms with van der Waals surface area (Å²) < 4.78 is 110. The summed E-state index contributed by atoms with van der Waals surface area (Å²) in [6.07, 6.45) is -4.69. The van der Waals surface area contributed by atoms with Crippen molar-refractivity contribution in [3.05, 3.63) is 53.6 Å². The Balaban J connectivity index is 1.42. The third kappa shape index (κ3) is 7.33. The number of β-amino-alcohol motifs (C(OH)–C–C–N with tert-alkyl or cyclic N) is 1. The first-order chi connectivity index (χ1) is 20.4. The van der Waals surface area contributed by atoms with Crippen molar-refractivity contribution >= 4 is 16.0 Å². The number of rotatable bonds is 7. The summed E-state index contributed by atoms with van der Waals surface area (Å²) in [6, 6.07) is 3.42. The Hall–Kier alpha value is -3.28. The molecule has 10 nitrogen and oxygen atoms in total. The van der Waals surface area contributed by atoms with Gasteiger partial charge in [-0.1, -0.05) is 6.07 Å². The maximum absolute atomic E-state index is 14.2. The summed E-state index contributed by atoms with van der Waals surface area (Å²) in [5.74, 6) is -0.151. The number of nitrogens with one attached hydrogen (secondary N) is 1. The van der Waals surface area contributed by atoms with Crippen LogP contribution in [0.4, 0.5) is 32.3 Å². The first-order valence-corrected chi connectivity index (χ1v) is 15.6. The van der Waals surface area contributed by atoms with E-state index in [0.717, 1.165) is 29.4 Å². The minimum absolute atomic E-state index is 0.151. The minimum Gasteiger partial charge on any atom is -0.389 e. The topological polar surface area (TPSA) is 116 Å². The fourth-order valence-corrected chi connectivity index (χ4v) is 6.39. The van der Waals surface area contributed by atoms with Gasteiger partial charge in [0.1, 0.15) is 17.0 Å². The second-order valence-corrected chi connectivity index (χ2v) is 13.5. The van der Waals surface area contributed by atoms with E-state index in [2.05, 4.69) is 20.3 Å². The number of piperidine rings is 1. The molecule has 17 heteroatoms. The number of imidazole rings is 1. The standard InChI is InChI=1S/C27H31F6N7O3S/c1-25(41)7-10-38(15-25)13-17-3-4-22(19(11-17)26(28,29)30)39-14-21(35-16-39)23-20(27(31,32)33)12-34-24(37-23)36-18-5-8-40(9-6-18)44(2,42)43/h3-4,11-12,14,16,18,41H,5-10,13,15H2,1-2H3,(H,34,36,37). The van der Waals surface area contributed by atoms with Gasteiger partial charge in [-0.3, -0.25) is 4.90 Å². The molecule has 3 aromatic rings. The van der Waals surface area contributed by atoms with Crippen LogP contribution < -0.4 is 5.32 Å². The van der Waals surface area contributed by atoms with Crippen molar-refractivity contribution < 1.29 is 39.9 Å². The zero-order chi connectivity index (χ0) is 32.1. The highest BCUT2D eigenvalue weighted by molar-refractivity contribution is 7.88. The summed E-state index contributed by atoms with van der Waals surface area (Å²) in [6.45, 7) is 3.13. The molecule has 2 aliphatic rings. The maximum Gasteiger partial charge on any atom is 0.420 e. The second kappa shape index (κ2) is 11.6. The average molecular weight is 648 g/mol. The van der Waals surface area contributed by atoms with E-state index in [1.807, 2.05) is 4.90 Å². The van der Waals surface area contributed by atoms with Crippen LogP contribution in [-0.4, -0.2) is 86.3 Å². The molecule has 0 radical (unpaired) electrons. The molecule has 0 aliphatic carbocycles. The van der Waals surface area contributed by atoms with Crippen LogP contribution in [0.25, 0.3) is 17.1 Å². The van der Waals surface area contributed by atoms with Crippen LogP contribution in [0.1, 0.15) is 42.9 Å². The van der Waals surface area contributed by atoms with Gasteiger partial charge in [-0.05, 0) is 43.9 Å². The van der Waals surface area contributed by atoms with Gasteiger partial charge in [0.15, 0.2) is 0 Å². The van der Waals surface area contributed by atoms with E-state index in [4.69, 9.17) is 0 Å². The van der Waals surface area contributed by atoms with Gasteiger partial charge >= 0.3 is 12.4 Å². The lowest BCUT2D eigenvalue weighted by Crippen LogP contribution is -2.42. The number of aromatic nitrogens is 4. The second-order valence-electron chi connectivity index (χ2n) is 11.5. The number of likely N-dealkylation sites (tertiary alicyclic amines) is 1. The highest BCUT2D eigenvalue weighted by Crippen LogP contribution is 2.38. The van der Waals surface area contributed by atoms with Gasteiger partial charge in [-0.15, -0.1) is 0 Å². The zero-order valence-corrected chi connectivity index (χ0v) is 24.6. The predicted octanol–water partition coefficient (Wildman–Crippen LogP) is 4.16. The number of anilines is 1. The number of halogens is 6. The summed E-state index contributed by atoms with van der Waals surface area (Å²) in [7, 11) is -3.38. The van der Waals surface area contributed by atoms with Gasteiger partial charge < -0.3 is 15.0 Å². The van der Waals surface area contributed by atoms with E-state index in [1.54, 1.807) is 6.92 Å². The summed E-state index contributed by atoms with van der Waals surface area (Å²) >= 11 is 0. The van der Waals surface area contributed by atoms with E-state index >= 15 is 0 Å². The van der Waals surface area contributed by atoms with E-state index in [0.29, 0.717) is 44.1 Å². The lowest BCUT2D eigenvalue weighted by Gasteiger charge is -2.30.